The van der Waals surface area contributed by atoms with Gasteiger partial charge in [-0.05, 0) is 54.4 Å². The summed E-state index contributed by atoms with van der Waals surface area (Å²) in [6.07, 6.45) is 3.09. The average molecular weight is 459 g/mol. The predicted octanol–water partition coefficient (Wildman–Crippen LogP) is 5.63. The van der Waals surface area contributed by atoms with E-state index in [-0.39, 0.29) is 0 Å². The second-order valence-corrected chi connectivity index (χ2v) is 8.98. The van der Waals surface area contributed by atoms with Crippen molar-refractivity contribution < 1.29 is 9.84 Å². The van der Waals surface area contributed by atoms with E-state index in [1.807, 2.05) is 18.5 Å². The summed E-state index contributed by atoms with van der Waals surface area (Å²) in [6.45, 7) is 3.56. The van der Waals surface area contributed by atoms with Crippen molar-refractivity contribution in [1.82, 2.24) is 15.3 Å². The van der Waals surface area contributed by atoms with Crippen LogP contribution in [0.15, 0.2) is 73.1 Å². The van der Waals surface area contributed by atoms with Crippen molar-refractivity contribution in [3.63, 3.8) is 0 Å². The number of nitrogens with zero attached hydrogens (tertiary/aromatic N) is 1. The lowest BCUT2D eigenvalue weighted by molar-refractivity contribution is -0.0835. The maximum Gasteiger partial charge on any atom is 0.151 e. The van der Waals surface area contributed by atoms with Crippen LogP contribution < -0.4 is 10.6 Å². The first-order chi connectivity index (χ1) is 16.2. The lowest BCUT2D eigenvalue weighted by Crippen LogP contribution is -2.21. The Hall–Kier alpha value is -3.23. The van der Waals surface area contributed by atoms with E-state index in [1.54, 1.807) is 18.3 Å². The number of aromatic nitrogens is 2. The molecule has 4 N–H and O–H groups in total. The summed E-state index contributed by atoms with van der Waals surface area (Å²) >= 11 is 1.75. The normalized spacial score (nSPS) is 12.4. The number of hydrogen-bond donors (Lipinski definition) is 4. The van der Waals surface area contributed by atoms with Crippen molar-refractivity contribution >= 4 is 43.8 Å². The molecule has 5 rings (SSSR count). The van der Waals surface area contributed by atoms with Crippen molar-refractivity contribution in [2.45, 2.75) is 19.8 Å². The number of ether oxygens (including phenoxy) is 1. The maximum atomic E-state index is 9.12. The van der Waals surface area contributed by atoms with Crippen molar-refractivity contribution in [2.75, 3.05) is 18.5 Å². The first-order valence-electron chi connectivity index (χ1n) is 11.0. The fourth-order valence-corrected chi connectivity index (χ4v) is 4.88. The molecule has 1 atom stereocenters. The van der Waals surface area contributed by atoms with Crippen LogP contribution >= 0.6 is 11.3 Å². The smallest absolute Gasteiger partial charge is 0.151 e. The molecule has 0 aliphatic rings. The fraction of sp³-hybridized carbons (Fsp3) is 0.192. The first-order valence-corrected chi connectivity index (χ1v) is 11.8. The molecule has 33 heavy (non-hydrogen) atoms. The standard InChI is InChI=1S/C26H26N4O2S/c1-17(31)32-13-12-27-16-18-2-4-19(5-3-18)25-15-24-26(33-25)23(9-11-29-24)30-21-6-7-22-20(14-21)8-10-28-22/h2-11,14-15,17,27-28,31H,12-13,16H2,1H3,(H,29,30). The van der Waals surface area contributed by atoms with E-state index in [4.69, 9.17) is 9.84 Å². The van der Waals surface area contributed by atoms with E-state index in [9.17, 15) is 0 Å². The number of H-pyrrole nitrogens is 1. The lowest BCUT2D eigenvalue weighted by Gasteiger charge is -2.08. The van der Waals surface area contributed by atoms with Gasteiger partial charge in [-0.3, -0.25) is 4.98 Å². The maximum absolute atomic E-state index is 9.12. The Morgan fingerprint density at radius 3 is 2.82 bits per heavy atom. The van der Waals surface area contributed by atoms with Crippen molar-refractivity contribution in [3.05, 3.63) is 78.6 Å². The van der Waals surface area contributed by atoms with Crippen LogP contribution in [0, 0.1) is 0 Å². The van der Waals surface area contributed by atoms with Gasteiger partial charge in [0, 0.05) is 47.0 Å². The Morgan fingerprint density at radius 1 is 1.09 bits per heavy atom. The summed E-state index contributed by atoms with van der Waals surface area (Å²) in [6, 6.07) is 21.2. The van der Waals surface area contributed by atoms with Crippen LogP contribution in [0.3, 0.4) is 0 Å². The van der Waals surface area contributed by atoms with Gasteiger partial charge in [-0.1, -0.05) is 24.3 Å². The molecule has 0 aliphatic heterocycles. The number of anilines is 2. The van der Waals surface area contributed by atoms with Gasteiger partial charge in [0.05, 0.1) is 22.5 Å². The molecule has 0 bridgehead atoms. The quantitative estimate of drug-likeness (QED) is 0.170. The molecule has 0 spiro atoms. The minimum absolute atomic E-state index is 0.486. The molecule has 0 amide bonds. The molecule has 7 heteroatoms. The van der Waals surface area contributed by atoms with E-state index in [0.717, 1.165) is 33.7 Å². The third kappa shape index (κ3) is 5.07. The highest BCUT2D eigenvalue weighted by molar-refractivity contribution is 7.22. The minimum atomic E-state index is -0.722. The zero-order valence-electron chi connectivity index (χ0n) is 18.3. The summed E-state index contributed by atoms with van der Waals surface area (Å²) in [5.74, 6) is 0. The second-order valence-electron chi connectivity index (χ2n) is 7.93. The van der Waals surface area contributed by atoms with Gasteiger partial charge in [-0.25, -0.2) is 0 Å². The number of aliphatic hydroxyl groups is 1. The summed E-state index contributed by atoms with van der Waals surface area (Å²) in [4.78, 5) is 9.01. The Labute approximate surface area is 196 Å². The molecular weight excluding hydrogens is 432 g/mol. The SMILES string of the molecule is CC(O)OCCNCc1ccc(-c2cc3nccc(Nc4ccc5[nH]ccc5c4)c3s2)cc1. The number of benzene rings is 2. The van der Waals surface area contributed by atoms with Gasteiger partial charge in [0.15, 0.2) is 6.29 Å². The summed E-state index contributed by atoms with van der Waals surface area (Å²) in [5.41, 5.74) is 6.63. The van der Waals surface area contributed by atoms with Crippen molar-refractivity contribution in [3.8, 4) is 10.4 Å². The highest BCUT2D eigenvalue weighted by Gasteiger charge is 2.10. The largest absolute Gasteiger partial charge is 0.368 e. The third-order valence-electron chi connectivity index (χ3n) is 5.45. The summed E-state index contributed by atoms with van der Waals surface area (Å²) in [5, 5.41) is 17.2. The average Bonchev–Trinajstić information content (AvgIpc) is 3.46. The van der Waals surface area contributed by atoms with Crippen LogP contribution in [0.5, 0.6) is 0 Å². The van der Waals surface area contributed by atoms with Crippen LogP contribution in [0.4, 0.5) is 11.4 Å². The molecule has 5 aromatic rings. The highest BCUT2D eigenvalue weighted by atomic mass is 32.1. The summed E-state index contributed by atoms with van der Waals surface area (Å²) < 4.78 is 6.27. The summed E-state index contributed by atoms with van der Waals surface area (Å²) in [7, 11) is 0. The Kier molecular flexibility index (Phi) is 6.37. The monoisotopic (exact) mass is 458 g/mol. The topological polar surface area (TPSA) is 82.2 Å². The van der Waals surface area contributed by atoms with E-state index < -0.39 is 6.29 Å². The van der Waals surface area contributed by atoms with Crippen LogP contribution in [-0.2, 0) is 11.3 Å². The molecule has 0 fully saturated rings. The van der Waals surface area contributed by atoms with Crippen molar-refractivity contribution in [2.24, 2.45) is 0 Å². The highest BCUT2D eigenvalue weighted by Crippen LogP contribution is 2.37. The van der Waals surface area contributed by atoms with Gasteiger partial charge in [-0.2, -0.15) is 0 Å². The van der Waals surface area contributed by atoms with Crippen LogP contribution in [0.25, 0.3) is 31.6 Å². The number of pyridine rings is 1. The van der Waals surface area contributed by atoms with E-state index in [2.05, 4.69) is 75.2 Å². The predicted molar refractivity (Wildman–Crippen MR) is 136 cm³/mol. The first kappa shape index (κ1) is 21.6. The van der Waals surface area contributed by atoms with Crippen LogP contribution in [-0.4, -0.2) is 34.5 Å². The number of aromatic amines is 1. The fourth-order valence-electron chi connectivity index (χ4n) is 3.79. The number of fused-ring (bicyclic) bond motifs is 2. The molecule has 1 unspecified atom stereocenters. The number of rotatable bonds is 9. The minimum Gasteiger partial charge on any atom is -0.368 e. The zero-order valence-corrected chi connectivity index (χ0v) is 19.2. The van der Waals surface area contributed by atoms with Crippen LogP contribution in [0.2, 0.25) is 0 Å². The van der Waals surface area contributed by atoms with Crippen molar-refractivity contribution in [1.29, 1.82) is 0 Å². The molecule has 3 heterocycles. The van der Waals surface area contributed by atoms with Gasteiger partial charge < -0.3 is 25.5 Å². The molecule has 0 saturated heterocycles. The molecule has 168 valence electrons. The van der Waals surface area contributed by atoms with Crippen LogP contribution in [0.1, 0.15) is 12.5 Å². The van der Waals surface area contributed by atoms with Gasteiger partial charge in [-0.15, -0.1) is 11.3 Å². The Morgan fingerprint density at radius 2 is 1.97 bits per heavy atom. The zero-order chi connectivity index (χ0) is 22.6. The van der Waals surface area contributed by atoms with Gasteiger partial charge >= 0.3 is 0 Å². The molecule has 6 nitrogen and oxygen atoms in total. The van der Waals surface area contributed by atoms with E-state index in [0.29, 0.717) is 13.2 Å². The number of thiophene rings is 1. The second kappa shape index (κ2) is 9.72. The Bertz CT molecular complexity index is 1360. The molecule has 0 saturated carbocycles. The van der Waals surface area contributed by atoms with E-state index >= 15 is 0 Å². The molecule has 0 aliphatic carbocycles. The lowest BCUT2D eigenvalue weighted by atomic mass is 10.1. The van der Waals surface area contributed by atoms with Gasteiger partial charge in [0.25, 0.3) is 0 Å². The molecule has 3 aromatic heterocycles. The molecular formula is C26H26N4O2S. The molecule has 0 radical (unpaired) electrons. The Balaban J connectivity index is 1.30. The number of hydrogen-bond acceptors (Lipinski definition) is 6. The van der Waals surface area contributed by atoms with E-state index in [1.165, 1.54) is 21.4 Å². The van der Waals surface area contributed by atoms with Gasteiger partial charge in [0.2, 0.25) is 0 Å². The van der Waals surface area contributed by atoms with Gasteiger partial charge in [0.1, 0.15) is 0 Å². The number of aliphatic hydroxyl groups excluding tert-OH is 1. The third-order valence-corrected chi connectivity index (χ3v) is 6.66. The number of nitrogens with one attached hydrogen (secondary N) is 3. The molecule has 2 aromatic carbocycles.